The van der Waals surface area contributed by atoms with E-state index in [0.717, 1.165) is 12.8 Å². The average molecular weight is 305 g/mol. The van der Waals surface area contributed by atoms with Gasteiger partial charge in [0, 0.05) is 17.4 Å². The van der Waals surface area contributed by atoms with Gasteiger partial charge >= 0.3 is 12.1 Å². The van der Waals surface area contributed by atoms with Crippen LogP contribution in [0.5, 0.6) is 0 Å². The van der Waals surface area contributed by atoms with Crippen molar-refractivity contribution in [2.24, 2.45) is 23.7 Å². The van der Waals surface area contributed by atoms with Crippen molar-refractivity contribution in [3.05, 3.63) is 24.3 Å². The highest BCUT2D eigenvalue weighted by Crippen LogP contribution is 2.57. The van der Waals surface area contributed by atoms with Gasteiger partial charge in [-0.25, -0.2) is 9.59 Å². The number of rotatable bonds is 5. The SMILES string of the molecule is C=C(C)C(=O)OCCNC(=O)OC1C2CCC1C1CC=CC12. The number of allylic oxidation sites excluding steroid dienone is 2. The first kappa shape index (κ1) is 15.1. The molecule has 3 aliphatic carbocycles. The van der Waals surface area contributed by atoms with Crippen molar-refractivity contribution in [2.45, 2.75) is 32.3 Å². The Hall–Kier alpha value is -1.78. The number of carbonyl (C=O) groups is 2. The van der Waals surface area contributed by atoms with Gasteiger partial charge in [0.15, 0.2) is 0 Å². The molecule has 22 heavy (non-hydrogen) atoms. The first-order valence-electron chi connectivity index (χ1n) is 8.01. The molecule has 2 bridgehead atoms. The number of hydrogen-bond donors (Lipinski definition) is 1. The fraction of sp³-hybridized carbons (Fsp3) is 0.647. The van der Waals surface area contributed by atoms with Gasteiger partial charge in [-0.15, -0.1) is 0 Å². The highest BCUT2D eigenvalue weighted by Gasteiger charge is 2.56. The largest absolute Gasteiger partial charge is 0.460 e. The maximum absolute atomic E-state index is 11.9. The topological polar surface area (TPSA) is 64.6 Å². The van der Waals surface area contributed by atoms with Crippen molar-refractivity contribution >= 4 is 12.1 Å². The zero-order valence-electron chi connectivity index (χ0n) is 12.9. The minimum absolute atomic E-state index is 0.0536. The summed E-state index contributed by atoms with van der Waals surface area (Å²) in [5.41, 5.74) is 0.352. The van der Waals surface area contributed by atoms with Gasteiger partial charge < -0.3 is 14.8 Å². The van der Waals surface area contributed by atoms with E-state index in [4.69, 9.17) is 9.47 Å². The van der Waals surface area contributed by atoms with Crippen molar-refractivity contribution in [2.75, 3.05) is 13.2 Å². The first-order valence-corrected chi connectivity index (χ1v) is 8.01. The molecule has 120 valence electrons. The molecule has 5 heteroatoms. The van der Waals surface area contributed by atoms with Crippen LogP contribution >= 0.6 is 0 Å². The second kappa shape index (κ2) is 6.15. The Labute approximate surface area is 130 Å². The molecule has 2 fully saturated rings. The van der Waals surface area contributed by atoms with E-state index >= 15 is 0 Å². The Balaban J connectivity index is 1.41. The molecule has 0 aromatic carbocycles. The van der Waals surface area contributed by atoms with Gasteiger partial charge in [-0.3, -0.25) is 0 Å². The lowest BCUT2D eigenvalue weighted by Gasteiger charge is -2.22. The number of alkyl carbamates (subject to hydrolysis) is 1. The molecular formula is C17H23NO4. The summed E-state index contributed by atoms with van der Waals surface area (Å²) in [5.74, 6) is 1.84. The fourth-order valence-corrected chi connectivity index (χ4v) is 4.27. The summed E-state index contributed by atoms with van der Waals surface area (Å²) >= 11 is 0. The fourth-order valence-electron chi connectivity index (χ4n) is 4.27. The van der Waals surface area contributed by atoms with Crippen LogP contribution in [0.2, 0.25) is 0 Å². The van der Waals surface area contributed by atoms with E-state index in [1.807, 2.05) is 0 Å². The number of amides is 1. The maximum atomic E-state index is 11.9. The molecule has 1 N–H and O–H groups in total. The molecule has 0 aliphatic heterocycles. The van der Waals surface area contributed by atoms with E-state index in [1.54, 1.807) is 6.92 Å². The van der Waals surface area contributed by atoms with Crippen molar-refractivity contribution in [3.63, 3.8) is 0 Å². The van der Waals surface area contributed by atoms with E-state index in [2.05, 4.69) is 24.0 Å². The molecule has 5 atom stereocenters. The summed E-state index contributed by atoms with van der Waals surface area (Å²) in [4.78, 5) is 23.1. The van der Waals surface area contributed by atoms with Crippen LogP contribution in [-0.4, -0.2) is 31.3 Å². The molecule has 2 saturated carbocycles. The van der Waals surface area contributed by atoms with Gasteiger partial charge in [-0.05, 0) is 38.0 Å². The molecule has 0 radical (unpaired) electrons. The number of hydrogen-bond acceptors (Lipinski definition) is 4. The van der Waals surface area contributed by atoms with Gasteiger partial charge in [0.1, 0.15) is 12.7 Å². The summed E-state index contributed by atoms with van der Waals surface area (Å²) in [6.45, 7) is 5.47. The zero-order valence-corrected chi connectivity index (χ0v) is 12.9. The van der Waals surface area contributed by atoms with E-state index in [0.29, 0.717) is 29.2 Å². The van der Waals surface area contributed by atoms with Crippen LogP contribution in [0.4, 0.5) is 4.79 Å². The van der Waals surface area contributed by atoms with Crippen LogP contribution in [0.15, 0.2) is 24.3 Å². The average Bonchev–Trinajstić information content (AvgIpc) is 3.15. The Morgan fingerprint density at radius 3 is 2.77 bits per heavy atom. The number of ether oxygens (including phenoxy) is 2. The molecule has 3 aliphatic rings. The molecule has 0 heterocycles. The minimum Gasteiger partial charge on any atom is -0.460 e. The van der Waals surface area contributed by atoms with E-state index in [-0.39, 0.29) is 19.3 Å². The summed E-state index contributed by atoms with van der Waals surface area (Å²) in [6.07, 6.45) is 7.68. The van der Waals surface area contributed by atoms with Crippen molar-refractivity contribution in [1.29, 1.82) is 0 Å². The molecule has 5 unspecified atom stereocenters. The van der Waals surface area contributed by atoms with Crippen LogP contribution in [0.1, 0.15) is 26.2 Å². The molecule has 0 saturated heterocycles. The minimum atomic E-state index is -0.441. The Morgan fingerprint density at radius 2 is 2.05 bits per heavy atom. The highest BCUT2D eigenvalue weighted by atomic mass is 16.6. The van der Waals surface area contributed by atoms with Crippen LogP contribution < -0.4 is 5.32 Å². The molecule has 0 aromatic rings. The van der Waals surface area contributed by atoms with Gasteiger partial charge in [-0.1, -0.05) is 18.7 Å². The zero-order chi connectivity index (χ0) is 15.7. The molecular weight excluding hydrogens is 282 g/mol. The Bertz CT molecular complexity index is 513. The lowest BCUT2D eigenvalue weighted by atomic mass is 9.82. The van der Waals surface area contributed by atoms with Crippen LogP contribution in [-0.2, 0) is 14.3 Å². The smallest absolute Gasteiger partial charge is 0.407 e. The van der Waals surface area contributed by atoms with Gasteiger partial charge in [0.2, 0.25) is 0 Å². The van der Waals surface area contributed by atoms with Gasteiger partial charge in [0.25, 0.3) is 0 Å². The quantitative estimate of drug-likeness (QED) is 0.367. The molecule has 1 amide bonds. The number of esters is 1. The number of fused-ring (bicyclic) bond motifs is 5. The first-order chi connectivity index (χ1) is 10.6. The maximum Gasteiger partial charge on any atom is 0.407 e. The summed E-state index contributed by atoms with van der Waals surface area (Å²) in [7, 11) is 0. The predicted molar refractivity (Wildman–Crippen MR) is 81.0 cm³/mol. The van der Waals surface area contributed by atoms with Crippen molar-refractivity contribution in [3.8, 4) is 0 Å². The van der Waals surface area contributed by atoms with E-state index in [9.17, 15) is 9.59 Å². The molecule has 3 rings (SSSR count). The summed E-state index contributed by atoms with van der Waals surface area (Å²) in [6, 6.07) is 0. The third-order valence-corrected chi connectivity index (χ3v) is 5.18. The lowest BCUT2D eigenvalue weighted by molar-refractivity contribution is -0.138. The molecule has 0 aromatic heterocycles. The number of nitrogens with one attached hydrogen (secondary N) is 1. The standard InChI is InChI=1S/C17H23NO4/c1-10(2)16(19)21-9-8-18-17(20)22-15-13-6-7-14(15)12-5-3-4-11(12)13/h3-4,11-15H,1,5-9H2,2H3,(H,18,20). The van der Waals surface area contributed by atoms with Crippen molar-refractivity contribution in [1.82, 2.24) is 5.32 Å². The van der Waals surface area contributed by atoms with Crippen LogP contribution in [0, 0.1) is 23.7 Å². The van der Waals surface area contributed by atoms with Crippen molar-refractivity contribution < 1.29 is 19.1 Å². The van der Waals surface area contributed by atoms with Gasteiger partial charge in [0.05, 0.1) is 6.54 Å². The monoisotopic (exact) mass is 305 g/mol. The highest BCUT2D eigenvalue weighted by molar-refractivity contribution is 5.86. The summed E-state index contributed by atoms with van der Waals surface area (Å²) in [5, 5.41) is 2.65. The third kappa shape index (κ3) is 2.76. The molecule has 0 spiro atoms. The Morgan fingerprint density at radius 1 is 1.27 bits per heavy atom. The lowest BCUT2D eigenvalue weighted by Crippen LogP contribution is -2.34. The van der Waals surface area contributed by atoms with Crippen LogP contribution in [0.3, 0.4) is 0 Å². The number of carbonyl (C=O) groups excluding carboxylic acids is 2. The van der Waals surface area contributed by atoms with E-state index < -0.39 is 12.1 Å². The van der Waals surface area contributed by atoms with E-state index in [1.165, 1.54) is 6.42 Å². The van der Waals surface area contributed by atoms with Crippen LogP contribution in [0.25, 0.3) is 0 Å². The third-order valence-electron chi connectivity index (χ3n) is 5.18. The molecule has 5 nitrogen and oxygen atoms in total. The predicted octanol–water partition coefficient (Wildman–Crippen LogP) is 2.43. The second-order valence-corrected chi connectivity index (χ2v) is 6.52. The summed E-state index contributed by atoms with van der Waals surface area (Å²) < 4.78 is 10.6. The second-order valence-electron chi connectivity index (χ2n) is 6.52. The normalized spacial score (nSPS) is 34.3. The Kier molecular flexibility index (Phi) is 4.23. The van der Waals surface area contributed by atoms with Gasteiger partial charge in [-0.2, -0.15) is 0 Å².